The molecule has 2 rings (SSSR count). The summed E-state index contributed by atoms with van der Waals surface area (Å²) in [4.78, 5) is 6.77. The van der Waals surface area contributed by atoms with Crippen LogP contribution in [0.25, 0.3) is 0 Å². The molecule has 0 spiro atoms. The highest BCUT2D eigenvalue weighted by atomic mass is 16.3. The smallest absolute Gasteiger partial charge is 0.128 e. The molecule has 0 radical (unpaired) electrons. The van der Waals surface area contributed by atoms with E-state index in [9.17, 15) is 5.11 Å². The molecule has 0 bridgehead atoms. The number of anilines is 1. The van der Waals surface area contributed by atoms with Crippen molar-refractivity contribution in [3.63, 3.8) is 0 Å². The van der Waals surface area contributed by atoms with E-state index in [0.29, 0.717) is 0 Å². The Morgan fingerprint density at radius 3 is 2.50 bits per heavy atom. The summed E-state index contributed by atoms with van der Waals surface area (Å²) in [5.74, 6) is 2.64. The fourth-order valence-corrected chi connectivity index (χ4v) is 2.66. The van der Waals surface area contributed by atoms with E-state index < -0.39 is 6.10 Å². The van der Waals surface area contributed by atoms with Gasteiger partial charge in [0, 0.05) is 19.3 Å². The van der Waals surface area contributed by atoms with Crippen LogP contribution >= 0.6 is 0 Å². The van der Waals surface area contributed by atoms with Crippen LogP contribution in [0.1, 0.15) is 45.3 Å². The van der Waals surface area contributed by atoms with Gasteiger partial charge in [-0.25, -0.2) is 4.98 Å². The molecule has 1 aromatic heterocycles. The molecule has 0 aromatic carbocycles. The first-order valence-electron chi connectivity index (χ1n) is 6.97. The van der Waals surface area contributed by atoms with Crippen molar-refractivity contribution < 1.29 is 5.11 Å². The summed E-state index contributed by atoms with van der Waals surface area (Å²) in [6.07, 6.45) is 3.88. The molecule has 1 saturated heterocycles. The second-order valence-corrected chi connectivity index (χ2v) is 5.69. The largest absolute Gasteiger partial charge is 0.389 e. The van der Waals surface area contributed by atoms with Gasteiger partial charge >= 0.3 is 0 Å². The molecule has 0 saturated carbocycles. The first kappa shape index (κ1) is 13.3. The minimum Gasteiger partial charge on any atom is -0.389 e. The fourth-order valence-electron chi connectivity index (χ4n) is 2.66. The molecule has 1 fully saturated rings. The Morgan fingerprint density at radius 2 is 1.94 bits per heavy atom. The Balaban J connectivity index is 2.03. The maximum Gasteiger partial charge on any atom is 0.128 e. The van der Waals surface area contributed by atoms with E-state index in [1.807, 2.05) is 12.1 Å². The van der Waals surface area contributed by atoms with E-state index >= 15 is 0 Å². The lowest BCUT2D eigenvalue weighted by Gasteiger charge is -2.34. The highest BCUT2D eigenvalue weighted by molar-refractivity contribution is 5.41. The normalized spacial score (nSPS) is 19.3. The molecule has 3 heteroatoms. The van der Waals surface area contributed by atoms with Crippen LogP contribution in [-0.2, 0) is 0 Å². The van der Waals surface area contributed by atoms with Crippen LogP contribution in [-0.4, -0.2) is 23.2 Å². The van der Waals surface area contributed by atoms with E-state index in [1.54, 1.807) is 13.1 Å². The molecular weight excluding hydrogens is 224 g/mol. The van der Waals surface area contributed by atoms with E-state index in [1.165, 1.54) is 12.8 Å². The standard InChI is InChI=1S/C15H24N2O/c1-11(2)13-5-8-17(9-6-13)15-10-14(12(3)18)4-7-16-15/h4,7,10-13,18H,5-6,8-9H2,1-3H3/t12-/m1/s1. The van der Waals surface area contributed by atoms with Gasteiger partial charge in [-0.3, -0.25) is 0 Å². The van der Waals surface area contributed by atoms with Crippen molar-refractivity contribution in [1.82, 2.24) is 4.98 Å². The quantitative estimate of drug-likeness (QED) is 0.893. The van der Waals surface area contributed by atoms with Gasteiger partial charge in [0.1, 0.15) is 5.82 Å². The van der Waals surface area contributed by atoms with E-state index in [-0.39, 0.29) is 0 Å². The summed E-state index contributed by atoms with van der Waals surface area (Å²) < 4.78 is 0. The molecule has 0 amide bonds. The fraction of sp³-hybridized carbons (Fsp3) is 0.667. The number of aliphatic hydroxyl groups is 1. The van der Waals surface area contributed by atoms with Crippen LogP contribution in [0.15, 0.2) is 18.3 Å². The van der Waals surface area contributed by atoms with Crippen molar-refractivity contribution in [3.8, 4) is 0 Å². The third-order valence-corrected chi connectivity index (χ3v) is 4.06. The Morgan fingerprint density at radius 1 is 1.28 bits per heavy atom. The average Bonchev–Trinajstić information content (AvgIpc) is 2.39. The molecule has 100 valence electrons. The number of rotatable bonds is 3. The number of hydrogen-bond acceptors (Lipinski definition) is 3. The predicted molar refractivity (Wildman–Crippen MR) is 74.6 cm³/mol. The topological polar surface area (TPSA) is 36.4 Å². The van der Waals surface area contributed by atoms with Gasteiger partial charge in [0.2, 0.25) is 0 Å². The Kier molecular flexibility index (Phi) is 4.23. The first-order valence-corrected chi connectivity index (χ1v) is 6.97. The van der Waals surface area contributed by atoms with E-state index in [0.717, 1.165) is 36.3 Å². The molecule has 1 aliphatic rings. The molecule has 2 heterocycles. The van der Waals surface area contributed by atoms with Crippen LogP contribution in [0, 0.1) is 11.8 Å². The average molecular weight is 248 g/mol. The summed E-state index contributed by atoms with van der Waals surface area (Å²) in [5.41, 5.74) is 0.950. The molecule has 1 aromatic rings. The van der Waals surface area contributed by atoms with Crippen LogP contribution < -0.4 is 4.90 Å². The van der Waals surface area contributed by atoms with Gasteiger partial charge in [0.15, 0.2) is 0 Å². The SMILES string of the molecule is CC(C)C1CCN(c2cc([C@@H](C)O)ccn2)CC1. The minimum atomic E-state index is -0.417. The second-order valence-electron chi connectivity index (χ2n) is 5.69. The van der Waals surface area contributed by atoms with Crippen molar-refractivity contribution in [2.45, 2.75) is 39.7 Å². The number of aliphatic hydroxyl groups excluding tert-OH is 1. The van der Waals surface area contributed by atoms with E-state index in [2.05, 4.69) is 23.7 Å². The van der Waals surface area contributed by atoms with Crippen molar-refractivity contribution in [1.29, 1.82) is 0 Å². The van der Waals surface area contributed by atoms with Gasteiger partial charge in [0.05, 0.1) is 6.10 Å². The first-order chi connectivity index (χ1) is 8.58. The maximum atomic E-state index is 9.62. The zero-order chi connectivity index (χ0) is 13.1. The summed E-state index contributed by atoms with van der Waals surface area (Å²) in [7, 11) is 0. The van der Waals surface area contributed by atoms with Crippen molar-refractivity contribution in [2.75, 3.05) is 18.0 Å². The Bertz CT molecular complexity index is 382. The number of pyridine rings is 1. The molecule has 3 nitrogen and oxygen atoms in total. The third-order valence-electron chi connectivity index (χ3n) is 4.06. The monoisotopic (exact) mass is 248 g/mol. The Hall–Kier alpha value is -1.09. The minimum absolute atomic E-state index is 0.417. The predicted octanol–water partition coefficient (Wildman–Crippen LogP) is 3.01. The third kappa shape index (κ3) is 3.02. The van der Waals surface area contributed by atoms with Gasteiger partial charge in [-0.1, -0.05) is 13.8 Å². The van der Waals surface area contributed by atoms with Gasteiger partial charge in [0.25, 0.3) is 0 Å². The van der Waals surface area contributed by atoms with Crippen LogP contribution in [0.3, 0.4) is 0 Å². The van der Waals surface area contributed by atoms with Crippen molar-refractivity contribution in [3.05, 3.63) is 23.9 Å². The lowest BCUT2D eigenvalue weighted by atomic mass is 9.87. The molecule has 0 aliphatic carbocycles. The number of piperidine rings is 1. The van der Waals surface area contributed by atoms with Gasteiger partial charge in [-0.05, 0) is 49.3 Å². The van der Waals surface area contributed by atoms with Crippen LogP contribution in [0.2, 0.25) is 0 Å². The Labute approximate surface area is 110 Å². The number of nitrogens with zero attached hydrogens (tertiary/aromatic N) is 2. The lowest BCUT2D eigenvalue weighted by Crippen LogP contribution is -2.35. The van der Waals surface area contributed by atoms with Gasteiger partial charge < -0.3 is 10.0 Å². The molecule has 1 N–H and O–H groups in total. The summed E-state index contributed by atoms with van der Waals surface area (Å²) >= 11 is 0. The molecule has 0 unspecified atom stereocenters. The van der Waals surface area contributed by atoms with Gasteiger partial charge in [-0.15, -0.1) is 0 Å². The zero-order valence-electron chi connectivity index (χ0n) is 11.6. The van der Waals surface area contributed by atoms with Crippen LogP contribution in [0.4, 0.5) is 5.82 Å². The molecular formula is C15H24N2O. The van der Waals surface area contributed by atoms with E-state index in [4.69, 9.17) is 0 Å². The molecule has 18 heavy (non-hydrogen) atoms. The number of aromatic nitrogens is 1. The second kappa shape index (κ2) is 5.70. The maximum absolute atomic E-state index is 9.62. The highest BCUT2D eigenvalue weighted by Gasteiger charge is 2.22. The van der Waals surface area contributed by atoms with Crippen LogP contribution in [0.5, 0.6) is 0 Å². The van der Waals surface area contributed by atoms with Gasteiger partial charge in [-0.2, -0.15) is 0 Å². The summed E-state index contributed by atoms with van der Waals surface area (Å²) in [6, 6.07) is 3.90. The highest BCUT2D eigenvalue weighted by Crippen LogP contribution is 2.27. The molecule has 1 atom stereocenters. The van der Waals surface area contributed by atoms with Crippen molar-refractivity contribution in [2.24, 2.45) is 11.8 Å². The van der Waals surface area contributed by atoms with Crippen molar-refractivity contribution >= 4 is 5.82 Å². The summed E-state index contributed by atoms with van der Waals surface area (Å²) in [5, 5.41) is 9.62. The number of hydrogen-bond donors (Lipinski definition) is 1. The zero-order valence-corrected chi connectivity index (χ0v) is 11.6. The lowest BCUT2D eigenvalue weighted by molar-refractivity contribution is 0.199. The molecule has 1 aliphatic heterocycles. The summed E-state index contributed by atoms with van der Waals surface area (Å²) in [6.45, 7) is 8.58.